The lowest BCUT2D eigenvalue weighted by Gasteiger charge is -2.39. The number of nitrogen functional groups attached to an aromatic ring is 1. The average Bonchev–Trinajstić information content (AvgIpc) is 2.95. The van der Waals surface area contributed by atoms with Crippen LogP contribution in [0, 0.1) is 12.8 Å². The number of rotatable bonds is 4. The van der Waals surface area contributed by atoms with Crippen molar-refractivity contribution in [1.29, 1.82) is 0 Å². The van der Waals surface area contributed by atoms with Gasteiger partial charge in [0.1, 0.15) is 35.0 Å². The molecule has 8 heteroatoms. The maximum atomic E-state index is 13.5. The second kappa shape index (κ2) is 6.78. The summed E-state index contributed by atoms with van der Waals surface area (Å²) >= 11 is 0. The van der Waals surface area contributed by atoms with Crippen LogP contribution in [-0.4, -0.2) is 20.4 Å². The van der Waals surface area contributed by atoms with Gasteiger partial charge in [-0.05, 0) is 43.9 Å². The Balaban J connectivity index is 1.88. The van der Waals surface area contributed by atoms with Crippen LogP contribution in [0.3, 0.4) is 0 Å². The van der Waals surface area contributed by atoms with Crippen molar-refractivity contribution in [3.8, 4) is 0 Å². The fourth-order valence-electron chi connectivity index (χ4n) is 4.37. The number of carbonyl (C=O) groups excluding carboxylic acids is 1. The van der Waals surface area contributed by atoms with Crippen LogP contribution < -0.4 is 21.9 Å². The number of anilines is 3. The molecule has 1 spiro atoms. The molecule has 28 heavy (non-hydrogen) atoms. The SMILES string of the molecule is CCCC1CCC=CC12NC(=O)c1c(C)cc(Nc3cc(N)ncn3)c(=O)n12. The first kappa shape index (κ1) is 18.2. The van der Waals surface area contributed by atoms with E-state index < -0.39 is 5.66 Å². The van der Waals surface area contributed by atoms with Gasteiger partial charge in [-0.25, -0.2) is 9.97 Å². The Hall–Kier alpha value is -3.16. The molecule has 2 unspecified atom stereocenters. The van der Waals surface area contributed by atoms with E-state index >= 15 is 0 Å². The molecule has 2 aromatic heterocycles. The second-order valence-corrected chi connectivity index (χ2v) is 7.43. The third-order valence-corrected chi connectivity index (χ3v) is 5.55. The molecule has 0 saturated heterocycles. The first-order valence-corrected chi connectivity index (χ1v) is 9.58. The van der Waals surface area contributed by atoms with Crippen LogP contribution in [0.25, 0.3) is 0 Å². The summed E-state index contributed by atoms with van der Waals surface area (Å²) in [5.74, 6) is 0.692. The monoisotopic (exact) mass is 380 g/mol. The van der Waals surface area contributed by atoms with Gasteiger partial charge < -0.3 is 16.4 Å². The number of hydrogen-bond acceptors (Lipinski definition) is 6. The van der Waals surface area contributed by atoms with Gasteiger partial charge in [-0.15, -0.1) is 0 Å². The summed E-state index contributed by atoms with van der Waals surface area (Å²) in [6, 6.07) is 3.25. The summed E-state index contributed by atoms with van der Waals surface area (Å²) in [5.41, 5.74) is 6.14. The van der Waals surface area contributed by atoms with E-state index in [9.17, 15) is 9.59 Å². The Morgan fingerprint density at radius 3 is 2.93 bits per heavy atom. The number of fused-ring (bicyclic) bond motifs is 2. The topological polar surface area (TPSA) is 115 Å². The molecule has 4 N–H and O–H groups in total. The van der Waals surface area contributed by atoms with Crippen molar-refractivity contribution in [2.75, 3.05) is 11.1 Å². The molecular formula is C20H24N6O2. The van der Waals surface area contributed by atoms with Crippen molar-refractivity contribution in [2.45, 2.75) is 45.2 Å². The predicted octanol–water partition coefficient (Wildman–Crippen LogP) is 2.44. The molecule has 8 nitrogen and oxygen atoms in total. The van der Waals surface area contributed by atoms with Crippen LogP contribution in [0.1, 0.15) is 48.7 Å². The predicted molar refractivity (Wildman–Crippen MR) is 107 cm³/mol. The summed E-state index contributed by atoms with van der Waals surface area (Å²) in [4.78, 5) is 34.3. The van der Waals surface area contributed by atoms with Crippen LogP contribution in [0.4, 0.5) is 17.3 Å². The van der Waals surface area contributed by atoms with Gasteiger partial charge in [0, 0.05) is 12.0 Å². The molecule has 1 amide bonds. The zero-order valence-electron chi connectivity index (χ0n) is 16.0. The number of aryl methyl sites for hydroxylation is 1. The van der Waals surface area contributed by atoms with E-state index in [1.54, 1.807) is 16.7 Å². The first-order chi connectivity index (χ1) is 13.5. The fraction of sp³-hybridized carbons (Fsp3) is 0.400. The number of nitrogens with zero attached hydrogens (tertiary/aromatic N) is 3. The molecule has 146 valence electrons. The van der Waals surface area contributed by atoms with Gasteiger partial charge in [0.15, 0.2) is 0 Å². The summed E-state index contributed by atoms with van der Waals surface area (Å²) in [6.45, 7) is 3.96. The Labute approximate surface area is 162 Å². The van der Waals surface area contributed by atoms with Crippen molar-refractivity contribution in [1.82, 2.24) is 19.9 Å². The fourth-order valence-corrected chi connectivity index (χ4v) is 4.37. The van der Waals surface area contributed by atoms with Gasteiger partial charge in [-0.2, -0.15) is 0 Å². The largest absolute Gasteiger partial charge is 0.384 e. The number of nitrogens with two attached hydrogens (primary N) is 1. The minimum atomic E-state index is -0.815. The Kier molecular flexibility index (Phi) is 4.41. The van der Waals surface area contributed by atoms with Crippen LogP contribution >= 0.6 is 0 Å². The number of hydrogen-bond donors (Lipinski definition) is 3. The molecule has 1 aliphatic heterocycles. The van der Waals surface area contributed by atoms with Gasteiger partial charge in [-0.1, -0.05) is 19.4 Å². The zero-order chi connectivity index (χ0) is 19.9. The molecule has 0 saturated carbocycles. The molecule has 4 rings (SSSR count). The van der Waals surface area contributed by atoms with Crippen molar-refractivity contribution in [3.63, 3.8) is 0 Å². The van der Waals surface area contributed by atoms with Crippen LogP contribution in [0.5, 0.6) is 0 Å². The number of allylic oxidation sites excluding steroid dienone is 1. The van der Waals surface area contributed by atoms with E-state index in [2.05, 4.69) is 33.6 Å². The molecule has 1 aliphatic carbocycles. The molecule has 0 bridgehead atoms. The first-order valence-electron chi connectivity index (χ1n) is 9.58. The van der Waals surface area contributed by atoms with Crippen molar-refractivity contribution < 1.29 is 4.79 Å². The highest BCUT2D eigenvalue weighted by Crippen LogP contribution is 2.40. The summed E-state index contributed by atoms with van der Waals surface area (Å²) < 4.78 is 1.63. The van der Waals surface area contributed by atoms with Gasteiger partial charge in [0.05, 0.1) is 0 Å². The van der Waals surface area contributed by atoms with Crippen molar-refractivity contribution >= 4 is 23.2 Å². The van der Waals surface area contributed by atoms with E-state index in [1.165, 1.54) is 6.33 Å². The van der Waals surface area contributed by atoms with Gasteiger partial charge in [0.2, 0.25) is 0 Å². The highest BCUT2D eigenvalue weighted by molar-refractivity contribution is 5.97. The number of amides is 1. The number of aromatic nitrogens is 3. The maximum absolute atomic E-state index is 13.5. The van der Waals surface area contributed by atoms with Crippen molar-refractivity contribution in [3.05, 3.63) is 52.2 Å². The molecule has 2 aliphatic rings. The lowest BCUT2D eigenvalue weighted by Crippen LogP contribution is -2.52. The Morgan fingerprint density at radius 1 is 1.36 bits per heavy atom. The molecule has 2 atom stereocenters. The normalized spacial score (nSPS) is 22.9. The lowest BCUT2D eigenvalue weighted by molar-refractivity contribution is 0.0885. The zero-order valence-corrected chi connectivity index (χ0v) is 16.0. The summed E-state index contributed by atoms with van der Waals surface area (Å²) in [7, 11) is 0. The van der Waals surface area contributed by atoms with Crippen LogP contribution in [0.15, 0.2) is 35.4 Å². The number of nitrogens with one attached hydrogen (secondary N) is 2. The standard InChI is InChI=1S/C20H24N6O2/c1-3-6-13-7-4-5-8-20(13)25-18(27)17-12(2)9-14(19(28)26(17)20)24-16-10-15(21)22-11-23-16/h5,8-11,13H,3-4,6-7H2,1-2H3,(H,25,27)(H3,21,22,23,24). The Bertz CT molecular complexity index is 1030. The average molecular weight is 380 g/mol. The maximum Gasteiger partial charge on any atom is 0.277 e. The van der Waals surface area contributed by atoms with Crippen LogP contribution in [-0.2, 0) is 5.66 Å². The molecule has 0 radical (unpaired) electrons. The molecular weight excluding hydrogens is 356 g/mol. The molecule has 0 fully saturated rings. The third-order valence-electron chi connectivity index (χ3n) is 5.55. The quantitative estimate of drug-likeness (QED) is 0.702. The minimum absolute atomic E-state index is 0.162. The van der Waals surface area contributed by atoms with Gasteiger partial charge in [0.25, 0.3) is 11.5 Å². The summed E-state index contributed by atoms with van der Waals surface area (Å²) in [5, 5.41) is 6.15. The molecule has 3 heterocycles. The van der Waals surface area contributed by atoms with E-state index in [0.717, 1.165) is 31.2 Å². The number of pyridine rings is 1. The van der Waals surface area contributed by atoms with E-state index in [-0.39, 0.29) is 17.4 Å². The number of carbonyl (C=O) groups is 1. The highest BCUT2D eigenvalue weighted by atomic mass is 16.2. The molecule has 0 aromatic carbocycles. The summed E-state index contributed by atoms with van der Waals surface area (Å²) in [6.07, 6.45) is 9.16. The van der Waals surface area contributed by atoms with E-state index in [0.29, 0.717) is 23.0 Å². The lowest BCUT2D eigenvalue weighted by atomic mass is 9.80. The van der Waals surface area contributed by atoms with Gasteiger partial charge in [-0.3, -0.25) is 14.2 Å². The Morgan fingerprint density at radius 2 is 2.18 bits per heavy atom. The molecule has 2 aromatic rings. The van der Waals surface area contributed by atoms with E-state index in [1.807, 2.05) is 13.0 Å². The van der Waals surface area contributed by atoms with Gasteiger partial charge >= 0.3 is 0 Å². The highest BCUT2D eigenvalue weighted by Gasteiger charge is 2.48. The van der Waals surface area contributed by atoms with Crippen molar-refractivity contribution in [2.24, 2.45) is 5.92 Å². The second-order valence-electron chi connectivity index (χ2n) is 7.43. The smallest absolute Gasteiger partial charge is 0.277 e. The van der Waals surface area contributed by atoms with E-state index in [4.69, 9.17) is 5.73 Å². The minimum Gasteiger partial charge on any atom is -0.384 e. The van der Waals surface area contributed by atoms with Crippen LogP contribution in [0.2, 0.25) is 0 Å². The third kappa shape index (κ3) is 2.76.